The zero-order chi connectivity index (χ0) is 13.0. The van der Waals surface area contributed by atoms with Crippen LogP contribution in [0.4, 0.5) is 0 Å². The first-order valence-corrected chi connectivity index (χ1v) is 6.72. The highest BCUT2D eigenvalue weighted by Crippen LogP contribution is 2.27. The summed E-state index contributed by atoms with van der Waals surface area (Å²) in [6.07, 6.45) is 1.31. The van der Waals surface area contributed by atoms with Gasteiger partial charge in [0.05, 0.1) is 5.02 Å². The van der Waals surface area contributed by atoms with Crippen LogP contribution in [0.5, 0.6) is 5.75 Å². The summed E-state index contributed by atoms with van der Waals surface area (Å²) in [7, 11) is 0. The fourth-order valence-electron chi connectivity index (χ4n) is 1.90. The zero-order valence-electron chi connectivity index (χ0n) is 9.99. The van der Waals surface area contributed by atoms with E-state index >= 15 is 0 Å². The van der Waals surface area contributed by atoms with Crippen molar-refractivity contribution in [3.05, 3.63) is 28.2 Å². The van der Waals surface area contributed by atoms with Crippen molar-refractivity contribution in [2.45, 2.75) is 12.8 Å². The predicted molar refractivity (Wildman–Crippen MR) is 72.6 cm³/mol. The molecule has 0 N–H and O–H groups in total. The second kappa shape index (κ2) is 6.41. The summed E-state index contributed by atoms with van der Waals surface area (Å²) >= 11 is 11.8. The Morgan fingerprint density at radius 1 is 1.22 bits per heavy atom. The van der Waals surface area contributed by atoms with Gasteiger partial charge in [-0.15, -0.1) is 0 Å². The van der Waals surface area contributed by atoms with Crippen molar-refractivity contribution in [1.82, 2.24) is 4.90 Å². The van der Waals surface area contributed by atoms with Crippen molar-refractivity contribution in [1.29, 1.82) is 0 Å². The van der Waals surface area contributed by atoms with Crippen LogP contribution in [-0.4, -0.2) is 36.9 Å². The van der Waals surface area contributed by atoms with E-state index in [0.29, 0.717) is 41.0 Å². The molecule has 1 saturated heterocycles. The molecule has 1 aromatic carbocycles. The van der Waals surface area contributed by atoms with Gasteiger partial charge in [-0.3, -0.25) is 9.69 Å². The number of carbonyl (C=O) groups is 1. The van der Waals surface area contributed by atoms with Crippen LogP contribution < -0.4 is 4.74 Å². The maximum absolute atomic E-state index is 11.1. The molecule has 98 valence electrons. The number of nitrogens with zero attached hydrogens (tertiary/aromatic N) is 1. The fraction of sp³-hybridized carbons (Fsp3) is 0.462. The van der Waals surface area contributed by atoms with Crippen LogP contribution in [0.1, 0.15) is 12.8 Å². The van der Waals surface area contributed by atoms with E-state index in [-0.39, 0.29) is 0 Å². The topological polar surface area (TPSA) is 29.5 Å². The highest BCUT2D eigenvalue weighted by Gasteiger charge is 2.15. The molecule has 18 heavy (non-hydrogen) atoms. The zero-order valence-corrected chi connectivity index (χ0v) is 11.5. The van der Waals surface area contributed by atoms with E-state index in [4.69, 9.17) is 27.9 Å². The lowest BCUT2D eigenvalue weighted by atomic mass is 10.1. The summed E-state index contributed by atoms with van der Waals surface area (Å²) in [6.45, 7) is 3.04. The van der Waals surface area contributed by atoms with Crippen molar-refractivity contribution >= 4 is 29.0 Å². The molecule has 2 rings (SSSR count). The molecule has 0 spiro atoms. The predicted octanol–water partition coefficient (Wildman–Crippen LogP) is 3.04. The van der Waals surface area contributed by atoms with Crippen LogP contribution in [0.15, 0.2) is 18.2 Å². The molecule has 3 nitrogen and oxygen atoms in total. The van der Waals surface area contributed by atoms with Crippen LogP contribution >= 0.6 is 23.2 Å². The number of rotatable bonds is 4. The number of likely N-dealkylation sites (tertiary alicyclic amines) is 1. The van der Waals surface area contributed by atoms with E-state index < -0.39 is 0 Å². The maximum atomic E-state index is 11.1. The third-order valence-electron chi connectivity index (χ3n) is 2.97. The molecule has 1 fully saturated rings. The molecule has 1 aliphatic rings. The molecular weight excluding hydrogens is 273 g/mol. The number of ether oxygens (including phenoxy) is 1. The van der Waals surface area contributed by atoms with E-state index in [1.54, 1.807) is 18.2 Å². The molecule has 1 heterocycles. The minimum absolute atomic E-state index is 0.355. The molecule has 0 aliphatic carbocycles. The average Bonchev–Trinajstić information content (AvgIpc) is 2.34. The van der Waals surface area contributed by atoms with Gasteiger partial charge in [-0.25, -0.2) is 0 Å². The molecular formula is C13H15Cl2NO2. The molecule has 1 aliphatic heterocycles. The third kappa shape index (κ3) is 3.87. The Labute approximate surface area is 117 Å². The molecule has 5 heteroatoms. The van der Waals surface area contributed by atoms with Gasteiger partial charge in [0.2, 0.25) is 0 Å². The summed E-state index contributed by atoms with van der Waals surface area (Å²) in [5, 5.41) is 1.12. The Morgan fingerprint density at radius 3 is 2.61 bits per heavy atom. The Morgan fingerprint density at radius 2 is 1.94 bits per heavy atom. The average molecular weight is 288 g/mol. The largest absolute Gasteiger partial charge is 0.491 e. The Kier molecular flexibility index (Phi) is 4.87. The highest BCUT2D eigenvalue weighted by atomic mass is 35.5. The van der Waals surface area contributed by atoms with Gasteiger partial charge in [-0.1, -0.05) is 23.2 Å². The number of carbonyl (C=O) groups excluding carboxylic acids is 1. The molecule has 0 amide bonds. The van der Waals surface area contributed by atoms with Gasteiger partial charge in [0, 0.05) is 37.5 Å². The Balaban J connectivity index is 1.76. The minimum Gasteiger partial charge on any atom is -0.491 e. The van der Waals surface area contributed by atoms with Crippen molar-refractivity contribution in [2.75, 3.05) is 26.2 Å². The SMILES string of the molecule is O=C1CCN(CCOc2ccc(Cl)cc2Cl)CC1. The van der Waals surface area contributed by atoms with E-state index in [0.717, 1.165) is 19.6 Å². The Hall–Kier alpha value is -0.770. The monoisotopic (exact) mass is 287 g/mol. The number of hydrogen-bond donors (Lipinski definition) is 0. The summed E-state index contributed by atoms with van der Waals surface area (Å²) in [4.78, 5) is 13.3. The quantitative estimate of drug-likeness (QED) is 0.853. The van der Waals surface area contributed by atoms with Gasteiger partial charge in [0.15, 0.2) is 0 Å². The first-order chi connectivity index (χ1) is 8.65. The van der Waals surface area contributed by atoms with Crippen LogP contribution in [0.2, 0.25) is 10.0 Å². The van der Waals surface area contributed by atoms with Crippen LogP contribution in [0.3, 0.4) is 0 Å². The molecule has 0 aromatic heterocycles. The van der Waals surface area contributed by atoms with Crippen molar-refractivity contribution in [3.63, 3.8) is 0 Å². The maximum Gasteiger partial charge on any atom is 0.138 e. The standard InChI is InChI=1S/C13H15Cl2NO2/c14-10-1-2-13(12(15)9-10)18-8-7-16-5-3-11(17)4-6-16/h1-2,9H,3-8H2. The van der Waals surface area contributed by atoms with E-state index in [2.05, 4.69) is 4.90 Å². The van der Waals surface area contributed by atoms with Gasteiger partial charge in [-0.2, -0.15) is 0 Å². The first-order valence-electron chi connectivity index (χ1n) is 5.97. The summed E-state index contributed by atoms with van der Waals surface area (Å²) in [6, 6.07) is 5.19. The molecule has 1 aromatic rings. The normalized spacial score (nSPS) is 16.9. The van der Waals surface area contributed by atoms with Crippen molar-refractivity contribution < 1.29 is 9.53 Å². The van der Waals surface area contributed by atoms with Gasteiger partial charge < -0.3 is 4.74 Å². The van der Waals surface area contributed by atoms with Gasteiger partial charge in [0.1, 0.15) is 18.1 Å². The van der Waals surface area contributed by atoms with Gasteiger partial charge >= 0.3 is 0 Å². The van der Waals surface area contributed by atoms with Gasteiger partial charge in [0.25, 0.3) is 0 Å². The molecule has 0 radical (unpaired) electrons. The number of hydrogen-bond acceptors (Lipinski definition) is 3. The lowest BCUT2D eigenvalue weighted by Crippen LogP contribution is -2.36. The molecule has 0 atom stereocenters. The number of benzene rings is 1. The summed E-state index contributed by atoms with van der Waals surface area (Å²) in [5.41, 5.74) is 0. The van der Waals surface area contributed by atoms with E-state index in [1.165, 1.54) is 0 Å². The van der Waals surface area contributed by atoms with Crippen LogP contribution in [0.25, 0.3) is 0 Å². The number of piperidine rings is 1. The molecule has 0 unspecified atom stereocenters. The second-order valence-electron chi connectivity index (χ2n) is 4.30. The van der Waals surface area contributed by atoms with Crippen molar-refractivity contribution in [3.8, 4) is 5.75 Å². The summed E-state index contributed by atoms with van der Waals surface area (Å²) < 4.78 is 5.60. The lowest BCUT2D eigenvalue weighted by Gasteiger charge is -2.25. The third-order valence-corrected chi connectivity index (χ3v) is 3.50. The van der Waals surface area contributed by atoms with Crippen LogP contribution in [0, 0.1) is 0 Å². The van der Waals surface area contributed by atoms with E-state index in [1.807, 2.05) is 0 Å². The lowest BCUT2D eigenvalue weighted by molar-refractivity contribution is -0.121. The Bertz CT molecular complexity index is 427. The number of Topliss-reactive ketones (excluding diaryl/α,β-unsaturated/α-hetero) is 1. The molecule has 0 bridgehead atoms. The van der Waals surface area contributed by atoms with Crippen molar-refractivity contribution in [2.24, 2.45) is 0 Å². The number of ketones is 1. The van der Waals surface area contributed by atoms with E-state index in [9.17, 15) is 4.79 Å². The second-order valence-corrected chi connectivity index (χ2v) is 5.15. The number of halogens is 2. The summed E-state index contributed by atoms with van der Waals surface area (Å²) in [5.74, 6) is 1.00. The first kappa shape index (κ1) is 13.7. The fourth-order valence-corrected chi connectivity index (χ4v) is 2.37. The van der Waals surface area contributed by atoms with Crippen LogP contribution in [-0.2, 0) is 4.79 Å². The highest BCUT2D eigenvalue weighted by molar-refractivity contribution is 6.35. The smallest absolute Gasteiger partial charge is 0.138 e. The molecule has 0 saturated carbocycles. The van der Waals surface area contributed by atoms with Gasteiger partial charge in [-0.05, 0) is 18.2 Å². The minimum atomic E-state index is 0.355.